The van der Waals surface area contributed by atoms with Crippen molar-refractivity contribution in [1.29, 1.82) is 0 Å². The first kappa shape index (κ1) is 19.1. The number of benzene rings is 1. The second-order valence-electron chi connectivity index (χ2n) is 6.89. The van der Waals surface area contributed by atoms with Crippen molar-refractivity contribution in [2.75, 3.05) is 37.4 Å². The summed E-state index contributed by atoms with van der Waals surface area (Å²) in [5, 5.41) is 5.86. The van der Waals surface area contributed by atoms with E-state index < -0.39 is 0 Å². The lowest BCUT2D eigenvalue weighted by Gasteiger charge is -2.31. The van der Waals surface area contributed by atoms with E-state index in [0.717, 1.165) is 38.0 Å². The first-order valence-corrected chi connectivity index (χ1v) is 9.10. The zero-order valence-corrected chi connectivity index (χ0v) is 15.8. The third kappa shape index (κ3) is 5.11. The van der Waals surface area contributed by atoms with Crippen LogP contribution >= 0.6 is 0 Å². The van der Waals surface area contributed by atoms with Crippen LogP contribution in [0.1, 0.15) is 49.9 Å². The molecule has 0 saturated carbocycles. The van der Waals surface area contributed by atoms with Gasteiger partial charge in [0.1, 0.15) is 0 Å². The predicted molar refractivity (Wildman–Crippen MR) is 102 cm³/mol. The van der Waals surface area contributed by atoms with Crippen molar-refractivity contribution >= 4 is 23.3 Å². The van der Waals surface area contributed by atoms with Gasteiger partial charge in [0.25, 0.3) is 5.91 Å². The summed E-state index contributed by atoms with van der Waals surface area (Å²) in [5.41, 5.74) is 2.20. The quantitative estimate of drug-likeness (QED) is 0.860. The molecule has 0 aliphatic carbocycles. The average molecular weight is 346 g/mol. The molecule has 0 radical (unpaired) electrons. The smallest absolute Gasteiger partial charge is 0.321 e. The molecule has 0 unspecified atom stereocenters. The number of hydrogen-bond donors (Lipinski definition) is 2. The molecule has 1 aromatic rings. The second kappa shape index (κ2) is 8.74. The zero-order chi connectivity index (χ0) is 18.4. The molecule has 0 aromatic heterocycles. The van der Waals surface area contributed by atoms with E-state index in [4.69, 9.17) is 0 Å². The van der Waals surface area contributed by atoms with Crippen LogP contribution in [0, 0.1) is 0 Å². The van der Waals surface area contributed by atoms with E-state index in [-0.39, 0.29) is 18.0 Å². The van der Waals surface area contributed by atoms with Crippen LogP contribution in [0.5, 0.6) is 0 Å². The minimum absolute atomic E-state index is 0.0872. The molecule has 1 aliphatic heterocycles. The predicted octanol–water partition coefficient (Wildman–Crippen LogP) is 3.30. The third-order valence-corrected chi connectivity index (χ3v) is 4.59. The van der Waals surface area contributed by atoms with Gasteiger partial charge in [0.15, 0.2) is 0 Å². The van der Waals surface area contributed by atoms with Crippen molar-refractivity contribution in [3.05, 3.63) is 23.8 Å². The summed E-state index contributed by atoms with van der Waals surface area (Å²) in [4.78, 5) is 28.4. The lowest BCUT2D eigenvalue weighted by Crippen LogP contribution is -2.35. The molecule has 0 bridgehead atoms. The summed E-state index contributed by atoms with van der Waals surface area (Å²) in [6.45, 7) is 5.97. The van der Waals surface area contributed by atoms with E-state index in [1.165, 1.54) is 11.3 Å². The minimum Gasteiger partial charge on any atom is -0.371 e. The largest absolute Gasteiger partial charge is 0.371 e. The number of piperidine rings is 1. The standard InChI is InChI=1S/C19H30N4O2/c1-5-14(2)20-18(24)16-13-15(21-19(25)22(3)4)9-10-17(16)23-11-7-6-8-12-23/h9-10,13-14H,5-8,11-12H2,1-4H3,(H,20,24)(H,21,25)/t14-/m1/s1. The average Bonchev–Trinajstić information content (AvgIpc) is 2.62. The molecular weight excluding hydrogens is 316 g/mol. The molecule has 1 saturated heterocycles. The van der Waals surface area contributed by atoms with Gasteiger partial charge < -0.3 is 20.4 Å². The number of carbonyl (C=O) groups excluding carboxylic acids is 2. The van der Waals surface area contributed by atoms with Gasteiger partial charge >= 0.3 is 6.03 Å². The summed E-state index contributed by atoms with van der Waals surface area (Å²) in [5.74, 6) is -0.0872. The first-order valence-electron chi connectivity index (χ1n) is 9.10. The molecule has 25 heavy (non-hydrogen) atoms. The highest BCUT2D eigenvalue weighted by Gasteiger charge is 2.20. The molecule has 2 N–H and O–H groups in total. The highest BCUT2D eigenvalue weighted by atomic mass is 16.2. The first-order chi connectivity index (χ1) is 11.9. The van der Waals surface area contributed by atoms with Gasteiger partial charge in [-0.2, -0.15) is 0 Å². The molecule has 1 fully saturated rings. The monoisotopic (exact) mass is 346 g/mol. The molecular formula is C19H30N4O2. The molecule has 2 rings (SSSR count). The Labute approximate surface area is 150 Å². The summed E-state index contributed by atoms with van der Waals surface area (Å²) in [7, 11) is 3.38. The van der Waals surface area contributed by atoms with Crippen LogP contribution in [0.4, 0.5) is 16.2 Å². The van der Waals surface area contributed by atoms with Gasteiger partial charge in [0.05, 0.1) is 5.56 Å². The Hall–Kier alpha value is -2.24. The summed E-state index contributed by atoms with van der Waals surface area (Å²) in [6, 6.07) is 5.50. The van der Waals surface area contributed by atoms with Gasteiger partial charge in [-0.15, -0.1) is 0 Å². The van der Waals surface area contributed by atoms with E-state index in [1.807, 2.05) is 26.0 Å². The Kier molecular flexibility index (Phi) is 6.67. The molecule has 1 aliphatic rings. The van der Waals surface area contributed by atoms with Crippen molar-refractivity contribution < 1.29 is 9.59 Å². The number of anilines is 2. The van der Waals surface area contributed by atoms with Crippen LogP contribution in [-0.2, 0) is 0 Å². The van der Waals surface area contributed by atoms with E-state index in [2.05, 4.69) is 15.5 Å². The molecule has 1 aromatic carbocycles. The lowest BCUT2D eigenvalue weighted by molar-refractivity contribution is 0.0939. The number of urea groups is 1. The van der Waals surface area contributed by atoms with Crippen molar-refractivity contribution in [1.82, 2.24) is 10.2 Å². The fourth-order valence-electron chi connectivity index (χ4n) is 2.85. The molecule has 6 nitrogen and oxygen atoms in total. The van der Waals surface area contributed by atoms with Crippen LogP contribution in [0.25, 0.3) is 0 Å². The van der Waals surface area contributed by atoms with Crippen LogP contribution in [-0.4, -0.2) is 50.1 Å². The Bertz CT molecular complexity index is 609. The van der Waals surface area contributed by atoms with Crippen LogP contribution < -0.4 is 15.5 Å². The van der Waals surface area contributed by atoms with Crippen LogP contribution in [0.3, 0.4) is 0 Å². The maximum Gasteiger partial charge on any atom is 0.321 e. The highest BCUT2D eigenvalue weighted by Crippen LogP contribution is 2.27. The number of carbonyl (C=O) groups is 2. The minimum atomic E-state index is -0.209. The van der Waals surface area contributed by atoms with Crippen LogP contribution in [0.2, 0.25) is 0 Å². The van der Waals surface area contributed by atoms with Crippen molar-refractivity contribution in [3.63, 3.8) is 0 Å². The number of nitrogens with zero attached hydrogens (tertiary/aromatic N) is 2. The van der Waals surface area contributed by atoms with Gasteiger partial charge in [-0.25, -0.2) is 4.79 Å². The van der Waals surface area contributed by atoms with E-state index in [9.17, 15) is 9.59 Å². The second-order valence-corrected chi connectivity index (χ2v) is 6.89. The molecule has 138 valence electrons. The third-order valence-electron chi connectivity index (χ3n) is 4.59. The van der Waals surface area contributed by atoms with E-state index in [0.29, 0.717) is 11.3 Å². The van der Waals surface area contributed by atoms with Crippen molar-refractivity contribution in [2.45, 2.75) is 45.6 Å². The fourth-order valence-corrected chi connectivity index (χ4v) is 2.85. The Morgan fingerprint density at radius 3 is 2.48 bits per heavy atom. The molecule has 0 spiro atoms. The van der Waals surface area contributed by atoms with Gasteiger partial charge in [0.2, 0.25) is 0 Å². The normalized spacial score (nSPS) is 15.4. The SMILES string of the molecule is CC[C@@H](C)NC(=O)c1cc(NC(=O)N(C)C)ccc1N1CCCCC1. The molecule has 1 atom stereocenters. The summed E-state index contributed by atoms with van der Waals surface area (Å²) >= 11 is 0. The zero-order valence-electron chi connectivity index (χ0n) is 15.8. The maximum absolute atomic E-state index is 12.8. The number of nitrogens with one attached hydrogen (secondary N) is 2. The topological polar surface area (TPSA) is 64.7 Å². The van der Waals surface area contributed by atoms with E-state index >= 15 is 0 Å². The van der Waals surface area contributed by atoms with Gasteiger partial charge in [-0.3, -0.25) is 4.79 Å². The number of hydrogen-bond acceptors (Lipinski definition) is 3. The Morgan fingerprint density at radius 1 is 1.20 bits per heavy atom. The molecule has 1 heterocycles. The summed E-state index contributed by atoms with van der Waals surface area (Å²) in [6.07, 6.45) is 4.40. The van der Waals surface area contributed by atoms with Gasteiger partial charge in [-0.1, -0.05) is 6.92 Å². The van der Waals surface area contributed by atoms with Gasteiger partial charge in [0, 0.05) is 44.6 Å². The van der Waals surface area contributed by atoms with Crippen molar-refractivity contribution in [3.8, 4) is 0 Å². The number of rotatable bonds is 5. The van der Waals surface area contributed by atoms with Crippen LogP contribution in [0.15, 0.2) is 18.2 Å². The fraction of sp³-hybridized carbons (Fsp3) is 0.579. The maximum atomic E-state index is 12.8. The summed E-state index contributed by atoms with van der Waals surface area (Å²) < 4.78 is 0. The van der Waals surface area contributed by atoms with Crippen molar-refractivity contribution in [2.24, 2.45) is 0 Å². The number of amides is 3. The van der Waals surface area contributed by atoms with Gasteiger partial charge in [-0.05, 0) is 50.8 Å². The Morgan fingerprint density at radius 2 is 1.88 bits per heavy atom. The van der Waals surface area contributed by atoms with E-state index in [1.54, 1.807) is 20.2 Å². The lowest BCUT2D eigenvalue weighted by atomic mass is 10.1. The molecule has 3 amide bonds. The Balaban J connectivity index is 2.30. The highest BCUT2D eigenvalue weighted by molar-refractivity contribution is 6.02. The molecule has 6 heteroatoms.